The van der Waals surface area contributed by atoms with Crippen molar-refractivity contribution >= 4 is 5.97 Å². The highest BCUT2D eigenvalue weighted by Crippen LogP contribution is 2.39. The number of hydrogen-bond acceptors (Lipinski definition) is 4. The molecule has 1 heterocycles. The molecule has 2 rings (SSSR count). The maximum absolute atomic E-state index is 13.3. The average molecular weight is 240 g/mol. The first kappa shape index (κ1) is 11.9. The van der Waals surface area contributed by atoms with Gasteiger partial charge in [-0.15, -0.1) is 0 Å². The first-order chi connectivity index (χ1) is 8.14. The van der Waals surface area contributed by atoms with Crippen LogP contribution in [0.4, 0.5) is 4.39 Å². The van der Waals surface area contributed by atoms with Gasteiger partial charge in [0.25, 0.3) is 0 Å². The van der Waals surface area contributed by atoms with Gasteiger partial charge in [0.05, 0.1) is 27.4 Å². The highest BCUT2D eigenvalue weighted by Gasteiger charge is 2.50. The molecule has 0 aliphatic carbocycles. The number of carbonyl (C=O) groups is 1. The Morgan fingerprint density at radius 2 is 2.12 bits per heavy atom. The largest absolute Gasteiger partial charge is 0.496 e. The van der Waals surface area contributed by atoms with Crippen LogP contribution in [0.15, 0.2) is 18.2 Å². The molecule has 17 heavy (non-hydrogen) atoms. The molecule has 0 bridgehead atoms. The van der Waals surface area contributed by atoms with Gasteiger partial charge in [0.15, 0.2) is 0 Å². The normalized spacial score (nSPS) is 17.1. The zero-order chi connectivity index (χ0) is 12.5. The molecule has 0 radical (unpaired) electrons. The topological polar surface area (TPSA) is 44.8 Å². The summed E-state index contributed by atoms with van der Waals surface area (Å²) < 4.78 is 28.3. The minimum absolute atomic E-state index is 0.180. The molecule has 1 aliphatic heterocycles. The van der Waals surface area contributed by atoms with Crippen LogP contribution < -0.4 is 4.74 Å². The van der Waals surface area contributed by atoms with E-state index < -0.39 is 17.2 Å². The summed E-state index contributed by atoms with van der Waals surface area (Å²) in [6, 6.07) is 4.07. The Kier molecular flexibility index (Phi) is 3.02. The van der Waals surface area contributed by atoms with E-state index in [1.807, 2.05) is 0 Å². The number of rotatable bonds is 3. The van der Waals surface area contributed by atoms with Crippen LogP contribution in [0.2, 0.25) is 0 Å². The monoisotopic (exact) mass is 240 g/mol. The molecular formula is C12H13FO4. The molecule has 92 valence electrons. The summed E-state index contributed by atoms with van der Waals surface area (Å²) in [5, 5.41) is 0. The molecule has 1 aliphatic rings. The van der Waals surface area contributed by atoms with Gasteiger partial charge in [-0.25, -0.2) is 4.39 Å². The van der Waals surface area contributed by atoms with Gasteiger partial charge in [0.1, 0.15) is 17.0 Å². The van der Waals surface area contributed by atoms with Gasteiger partial charge in [0, 0.05) is 5.56 Å². The summed E-state index contributed by atoms with van der Waals surface area (Å²) >= 11 is 0. The SMILES string of the molecule is COC(=O)C1(c2cc(F)ccc2OC)COC1. The van der Waals surface area contributed by atoms with Crippen molar-refractivity contribution in [1.29, 1.82) is 0 Å². The molecule has 0 amide bonds. The van der Waals surface area contributed by atoms with E-state index in [2.05, 4.69) is 0 Å². The lowest BCUT2D eigenvalue weighted by Gasteiger charge is -2.39. The molecule has 0 unspecified atom stereocenters. The number of ether oxygens (including phenoxy) is 3. The average Bonchev–Trinajstić information content (AvgIpc) is 2.27. The van der Waals surface area contributed by atoms with Gasteiger partial charge >= 0.3 is 5.97 Å². The van der Waals surface area contributed by atoms with Crippen molar-refractivity contribution in [3.8, 4) is 5.75 Å². The van der Waals surface area contributed by atoms with E-state index in [4.69, 9.17) is 14.2 Å². The Morgan fingerprint density at radius 1 is 1.41 bits per heavy atom. The lowest BCUT2D eigenvalue weighted by molar-refractivity contribution is -0.166. The van der Waals surface area contributed by atoms with Crippen molar-refractivity contribution in [1.82, 2.24) is 0 Å². The second-order valence-electron chi connectivity index (χ2n) is 3.91. The van der Waals surface area contributed by atoms with Gasteiger partial charge in [-0.2, -0.15) is 0 Å². The van der Waals surface area contributed by atoms with Crippen LogP contribution in [0, 0.1) is 5.82 Å². The molecule has 0 saturated carbocycles. The number of hydrogen-bond donors (Lipinski definition) is 0. The fourth-order valence-corrected chi connectivity index (χ4v) is 1.94. The number of benzene rings is 1. The van der Waals surface area contributed by atoms with Gasteiger partial charge in [-0.05, 0) is 18.2 Å². The molecule has 1 saturated heterocycles. The van der Waals surface area contributed by atoms with Crippen LogP contribution in [0.3, 0.4) is 0 Å². The molecule has 0 aromatic heterocycles. The van der Waals surface area contributed by atoms with E-state index >= 15 is 0 Å². The van der Waals surface area contributed by atoms with Crippen LogP contribution in [-0.2, 0) is 19.7 Å². The highest BCUT2D eigenvalue weighted by molar-refractivity contribution is 5.85. The molecule has 0 N–H and O–H groups in total. The quantitative estimate of drug-likeness (QED) is 0.746. The van der Waals surface area contributed by atoms with E-state index in [1.165, 1.54) is 32.4 Å². The van der Waals surface area contributed by atoms with E-state index in [1.54, 1.807) is 0 Å². The van der Waals surface area contributed by atoms with Crippen molar-refractivity contribution < 1.29 is 23.4 Å². The number of esters is 1. The van der Waals surface area contributed by atoms with E-state index in [0.29, 0.717) is 11.3 Å². The third kappa shape index (κ3) is 1.76. The van der Waals surface area contributed by atoms with Crippen LogP contribution in [0.5, 0.6) is 5.75 Å². The molecular weight excluding hydrogens is 227 g/mol. The summed E-state index contributed by atoms with van der Waals surface area (Å²) in [7, 11) is 2.77. The predicted octanol–water partition coefficient (Wildman–Crippen LogP) is 1.28. The minimum Gasteiger partial charge on any atom is -0.496 e. The van der Waals surface area contributed by atoms with Gasteiger partial charge in [-0.3, -0.25) is 4.79 Å². The maximum atomic E-state index is 13.3. The summed E-state index contributed by atoms with van der Waals surface area (Å²) in [5.74, 6) is -0.399. The van der Waals surface area contributed by atoms with Crippen LogP contribution in [0.25, 0.3) is 0 Å². The Bertz CT molecular complexity index is 440. The van der Waals surface area contributed by atoms with E-state index in [9.17, 15) is 9.18 Å². The first-order valence-corrected chi connectivity index (χ1v) is 5.14. The zero-order valence-corrected chi connectivity index (χ0v) is 9.66. The summed E-state index contributed by atoms with van der Waals surface area (Å²) in [5.41, 5.74) is -0.472. The number of halogens is 1. The molecule has 5 heteroatoms. The highest BCUT2D eigenvalue weighted by atomic mass is 19.1. The summed E-state index contributed by atoms with van der Waals surface area (Å²) in [4.78, 5) is 11.8. The van der Waals surface area contributed by atoms with Gasteiger partial charge in [0.2, 0.25) is 0 Å². The van der Waals surface area contributed by atoms with Crippen molar-refractivity contribution in [3.63, 3.8) is 0 Å². The van der Waals surface area contributed by atoms with Crippen molar-refractivity contribution in [2.45, 2.75) is 5.41 Å². The van der Waals surface area contributed by atoms with Crippen molar-refractivity contribution in [2.24, 2.45) is 0 Å². The molecule has 0 atom stereocenters. The van der Waals surface area contributed by atoms with E-state index in [0.717, 1.165) is 0 Å². The predicted molar refractivity (Wildman–Crippen MR) is 57.5 cm³/mol. The van der Waals surface area contributed by atoms with E-state index in [-0.39, 0.29) is 13.2 Å². The minimum atomic E-state index is -0.942. The van der Waals surface area contributed by atoms with Crippen LogP contribution >= 0.6 is 0 Å². The zero-order valence-electron chi connectivity index (χ0n) is 9.66. The molecule has 1 aromatic carbocycles. The van der Waals surface area contributed by atoms with Crippen LogP contribution in [-0.4, -0.2) is 33.4 Å². The summed E-state index contributed by atoms with van der Waals surface area (Å²) in [6.07, 6.45) is 0. The Morgan fingerprint density at radius 3 is 2.59 bits per heavy atom. The third-order valence-electron chi connectivity index (χ3n) is 2.95. The first-order valence-electron chi connectivity index (χ1n) is 5.14. The molecule has 0 spiro atoms. The fraction of sp³-hybridized carbons (Fsp3) is 0.417. The Labute approximate surface area is 98.3 Å². The summed E-state index contributed by atoms with van der Waals surface area (Å²) in [6.45, 7) is 0.360. The van der Waals surface area contributed by atoms with Crippen molar-refractivity contribution in [3.05, 3.63) is 29.6 Å². The molecule has 4 nitrogen and oxygen atoms in total. The molecule has 1 aromatic rings. The lowest BCUT2D eigenvalue weighted by atomic mass is 9.78. The molecule has 1 fully saturated rings. The third-order valence-corrected chi connectivity index (χ3v) is 2.95. The number of carbonyl (C=O) groups excluding carboxylic acids is 1. The second kappa shape index (κ2) is 4.33. The standard InChI is InChI=1S/C12H13FO4/c1-15-10-4-3-8(13)5-9(10)12(6-17-7-12)11(14)16-2/h3-5H,6-7H2,1-2H3. The Balaban J connectivity index is 2.50. The second-order valence-corrected chi connectivity index (χ2v) is 3.91. The number of methoxy groups -OCH3 is 2. The van der Waals surface area contributed by atoms with Gasteiger partial charge in [-0.1, -0.05) is 0 Å². The fourth-order valence-electron chi connectivity index (χ4n) is 1.94. The van der Waals surface area contributed by atoms with Crippen molar-refractivity contribution in [2.75, 3.05) is 27.4 Å². The maximum Gasteiger partial charge on any atom is 0.321 e. The van der Waals surface area contributed by atoms with Gasteiger partial charge < -0.3 is 14.2 Å². The van der Waals surface area contributed by atoms with Crippen LogP contribution in [0.1, 0.15) is 5.56 Å². The Hall–Kier alpha value is -1.62. The smallest absolute Gasteiger partial charge is 0.321 e. The lowest BCUT2D eigenvalue weighted by Crippen LogP contribution is -2.53.